The van der Waals surface area contributed by atoms with Gasteiger partial charge >= 0.3 is 0 Å². The highest BCUT2D eigenvalue weighted by Gasteiger charge is 2.04. The van der Waals surface area contributed by atoms with Gasteiger partial charge in [-0.05, 0) is 64.4 Å². The SMILES string of the molecule is CCc1cc(I)ccc1NC(=O)C=Cc1ccccc1. The van der Waals surface area contributed by atoms with E-state index in [2.05, 4.69) is 40.9 Å². The zero-order valence-corrected chi connectivity index (χ0v) is 13.4. The molecule has 1 N–H and O–H groups in total. The van der Waals surface area contributed by atoms with Gasteiger partial charge in [-0.25, -0.2) is 0 Å². The Morgan fingerprint density at radius 1 is 1.20 bits per heavy atom. The summed E-state index contributed by atoms with van der Waals surface area (Å²) in [7, 11) is 0. The van der Waals surface area contributed by atoms with Crippen LogP contribution in [0.2, 0.25) is 0 Å². The number of hydrogen-bond donors (Lipinski definition) is 1. The third kappa shape index (κ3) is 4.20. The van der Waals surface area contributed by atoms with Crippen LogP contribution >= 0.6 is 22.6 Å². The first kappa shape index (κ1) is 14.8. The number of anilines is 1. The van der Waals surface area contributed by atoms with E-state index in [0.717, 1.165) is 23.2 Å². The standard InChI is InChI=1S/C17H16INO/c1-2-14-12-15(18)9-10-16(14)19-17(20)11-8-13-6-4-3-5-7-13/h3-12H,2H2,1H3,(H,19,20). The van der Waals surface area contributed by atoms with Crippen molar-refractivity contribution in [1.29, 1.82) is 0 Å². The second-order valence-corrected chi connectivity index (χ2v) is 5.63. The maximum atomic E-state index is 11.9. The highest BCUT2D eigenvalue weighted by molar-refractivity contribution is 14.1. The number of nitrogens with one attached hydrogen (secondary N) is 1. The molecule has 20 heavy (non-hydrogen) atoms. The normalized spacial score (nSPS) is 10.7. The maximum Gasteiger partial charge on any atom is 0.248 e. The molecule has 0 aromatic heterocycles. The lowest BCUT2D eigenvalue weighted by atomic mass is 10.1. The van der Waals surface area contributed by atoms with Gasteiger partial charge in [0, 0.05) is 15.3 Å². The molecule has 0 bridgehead atoms. The summed E-state index contributed by atoms with van der Waals surface area (Å²) in [5, 5.41) is 2.93. The lowest BCUT2D eigenvalue weighted by molar-refractivity contribution is -0.111. The van der Waals surface area contributed by atoms with E-state index in [1.54, 1.807) is 6.08 Å². The minimum atomic E-state index is -0.107. The molecule has 1 amide bonds. The summed E-state index contributed by atoms with van der Waals surface area (Å²) in [4.78, 5) is 11.9. The molecule has 2 aromatic carbocycles. The molecule has 0 unspecified atom stereocenters. The van der Waals surface area contributed by atoms with Crippen molar-refractivity contribution in [2.45, 2.75) is 13.3 Å². The summed E-state index contributed by atoms with van der Waals surface area (Å²) in [5.74, 6) is -0.107. The van der Waals surface area contributed by atoms with Crippen LogP contribution in [0.1, 0.15) is 18.1 Å². The van der Waals surface area contributed by atoms with Crippen molar-refractivity contribution in [2.75, 3.05) is 5.32 Å². The minimum absolute atomic E-state index is 0.107. The quantitative estimate of drug-likeness (QED) is 0.617. The molecule has 0 saturated carbocycles. The Morgan fingerprint density at radius 2 is 1.95 bits per heavy atom. The number of benzene rings is 2. The lowest BCUT2D eigenvalue weighted by Gasteiger charge is -2.08. The Kier molecular flexibility index (Phi) is 5.35. The maximum absolute atomic E-state index is 11.9. The number of rotatable bonds is 4. The summed E-state index contributed by atoms with van der Waals surface area (Å²) in [6.07, 6.45) is 4.27. The van der Waals surface area contributed by atoms with Gasteiger partial charge in [-0.3, -0.25) is 4.79 Å². The fraction of sp³-hybridized carbons (Fsp3) is 0.118. The molecular weight excluding hydrogens is 361 g/mol. The molecule has 0 heterocycles. The molecule has 2 nitrogen and oxygen atoms in total. The van der Waals surface area contributed by atoms with Crippen molar-refractivity contribution in [2.24, 2.45) is 0 Å². The molecule has 102 valence electrons. The molecule has 0 fully saturated rings. The van der Waals surface area contributed by atoms with Gasteiger partial charge in [0.25, 0.3) is 0 Å². The summed E-state index contributed by atoms with van der Waals surface area (Å²) in [5.41, 5.74) is 3.05. The van der Waals surface area contributed by atoms with Crippen molar-refractivity contribution in [3.05, 3.63) is 69.3 Å². The monoisotopic (exact) mass is 377 g/mol. The van der Waals surface area contributed by atoms with Crippen molar-refractivity contribution in [3.8, 4) is 0 Å². The lowest BCUT2D eigenvalue weighted by Crippen LogP contribution is -2.09. The van der Waals surface area contributed by atoms with Crippen LogP contribution in [-0.4, -0.2) is 5.91 Å². The molecule has 0 radical (unpaired) electrons. The number of amides is 1. The topological polar surface area (TPSA) is 29.1 Å². The van der Waals surface area contributed by atoms with Gasteiger partial charge in [-0.2, -0.15) is 0 Å². The van der Waals surface area contributed by atoms with Gasteiger partial charge in [-0.1, -0.05) is 37.3 Å². The van der Waals surface area contributed by atoms with E-state index in [0.29, 0.717) is 0 Å². The Labute approximate surface area is 133 Å². The third-order valence-electron chi connectivity index (χ3n) is 2.93. The van der Waals surface area contributed by atoms with Crippen LogP contribution in [-0.2, 0) is 11.2 Å². The summed E-state index contributed by atoms with van der Waals surface area (Å²) >= 11 is 2.28. The van der Waals surface area contributed by atoms with Gasteiger partial charge in [0.05, 0.1) is 0 Å². The van der Waals surface area contributed by atoms with E-state index in [1.807, 2.05) is 48.5 Å². The van der Waals surface area contributed by atoms with E-state index in [4.69, 9.17) is 0 Å². The smallest absolute Gasteiger partial charge is 0.248 e. The minimum Gasteiger partial charge on any atom is -0.322 e. The van der Waals surface area contributed by atoms with Gasteiger partial charge < -0.3 is 5.32 Å². The summed E-state index contributed by atoms with van der Waals surface area (Å²) in [6.45, 7) is 2.08. The molecule has 2 rings (SSSR count). The number of hydrogen-bond acceptors (Lipinski definition) is 1. The van der Waals surface area contributed by atoms with Crippen LogP contribution in [0.5, 0.6) is 0 Å². The van der Waals surface area contributed by atoms with Gasteiger partial charge in [0.1, 0.15) is 0 Å². The van der Waals surface area contributed by atoms with Crippen LogP contribution in [0, 0.1) is 3.57 Å². The summed E-state index contributed by atoms with van der Waals surface area (Å²) in [6, 6.07) is 15.8. The highest BCUT2D eigenvalue weighted by Crippen LogP contribution is 2.19. The predicted octanol–water partition coefficient (Wildman–Crippen LogP) is 4.51. The Morgan fingerprint density at radius 3 is 2.65 bits per heavy atom. The second-order valence-electron chi connectivity index (χ2n) is 4.39. The number of carbonyl (C=O) groups excluding carboxylic acids is 1. The van der Waals surface area contributed by atoms with Gasteiger partial charge in [-0.15, -0.1) is 0 Å². The first-order valence-corrected chi connectivity index (χ1v) is 7.59. The number of halogens is 1. The van der Waals surface area contributed by atoms with Gasteiger partial charge in [0.2, 0.25) is 5.91 Å². The molecule has 3 heteroatoms. The molecule has 0 spiro atoms. The average Bonchev–Trinajstić information content (AvgIpc) is 2.48. The molecule has 2 aromatic rings. The highest BCUT2D eigenvalue weighted by atomic mass is 127. The largest absolute Gasteiger partial charge is 0.322 e. The van der Waals surface area contributed by atoms with Crippen LogP contribution in [0.15, 0.2) is 54.6 Å². The van der Waals surface area contributed by atoms with Crippen molar-refractivity contribution in [3.63, 3.8) is 0 Å². The van der Waals surface area contributed by atoms with E-state index in [9.17, 15) is 4.79 Å². The van der Waals surface area contributed by atoms with Crippen LogP contribution in [0.3, 0.4) is 0 Å². The van der Waals surface area contributed by atoms with E-state index in [-0.39, 0.29) is 5.91 Å². The Hall–Kier alpha value is -1.62. The zero-order chi connectivity index (χ0) is 14.4. The second kappa shape index (κ2) is 7.24. The van der Waals surface area contributed by atoms with Crippen molar-refractivity contribution >= 4 is 40.3 Å². The molecule has 0 aliphatic rings. The molecular formula is C17H16INO. The fourth-order valence-corrected chi connectivity index (χ4v) is 2.44. The first-order chi connectivity index (χ1) is 9.69. The Balaban J connectivity index is 2.07. The average molecular weight is 377 g/mol. The van der Waals surface area contributed by atoms with E-state index < -0.39 is 0 Å². The van der Waals surface area contributed by atoms with Crippen LogP contribution < -0.4 is 5.32 Å². The van der Waals surface area contributed by atoms with Crippen molar-refractivity contribution < 1.29 is 4.79 Å². The molecule has 0 atom stereocenters. The molecule has 0 aliphatic heterocycles. The third-order valence-corrected chi connectivity index (χ3v) is 3.60. The zero-order valence-electron chi connectivity index (χ0n) is 11.3. The van der Waals surface area contributed by atoms with Crippen molar-refractivity contribution in [1.82, 2.24) is 0 Å². The van der Waals surface area contributed by atoms with Crippen LogP contribution in [0.25, 0.3) is 6.08 Å². The predicted molar refractivity (Wildman–Crippen MR) is 92.6 cm³/mol. The fourth-order valence-electron chi connectivity index (χ4n) is 1.89. The molecule has 0 saturated heterocycles. The first-order valence-electron chi connectivity index (χ1n) is 6.51. The van der Waals surface area contributed by atoms with E-state index in [1.165, 1.54) is 3.57 Å². The number of aryl methyl sites for hydroxylation is 1. The summed E-state index contributed by atoms with van der Waals surface area (Å²) < 4.78 is 1.18. The van der Waals surface area contributed by atoms with E-state index >= 15 is 0 Å². The Bertz CT molecular complexity index is 620. The molecule has 0 aliphatic carbocycles. The van der Waals surface area contributed by atoms with Gasteiger partial charge in [0.15, 0.2) is 0 Å². The van der Waals surface area contributed by atoms with Crippen LogP contribution in [0.4, 0.5) is 5.69 Å². The number of carbonyl (C=O) groups is 1.